The zero-order valence-corrected chi connectivity index (χ0v) is 16.2. The third-order valence-corrected chi connectivity index (χ3v) is 5.45. The van der Waals surface area contributed by atoms with Gasteiger partial charge in [-0.25, -0.2) is 4.79 Å². The molecule has 25 heavy (non-hydrogen) atoms. The highest BCUT2D eigenvalue weighted by Gasteiger charge is 2.27. The molecule has 1 aromatic carbocycles. The van der Waals surface area contributed by atoms with E-state index in [9.17, 15) is 9.59 Å². The smallest absolute Gasteiger partial charge is 0.342 e. The Morgan fingerprint density at radius 2 is 2.00 bits per heavy atom. The summed E-state index contributed by atoms with van der Waals surface area (Å²) in [5.41, 5.74) is 0.325. The maximum Gasteiger partial charge on any atom is 0.342 e. The van der Waals surface area contributed by atoms with Crippen LogP contribution in [0.3, 0.4) is 0 Å². The van der Waals surface area contributed by atoms with Crippen LogP contribution in [0.5, 0.6) is 5.75 Å². The molecule has 0 bridgehead atoms. The quantitative estimate of drug-likeness (QED) is 0.616. The van der Waals surface area contributed by atoms with Gasteiger partial charge in [-0.15, -0.1) is 11.8 Å². The van der Waals surface area contributed by atoms with Gasteiger partial charge in [-0.3, -0.25) is 4.79 Å². The van der Waals surface area contributed by atoms with Gasteiger partial charge in [0.05, 0.1) is 7.11 Å². The van der Waals surface area contributed by atoms with E-state index >= 15 is 0 Å². The first kappa shape index (κ1) is 19.6. The number of benzene rings is 1. The molecule has 0 spiro atoms. The van der Waals surface area contributed by atoms with Crippen molar-refractivity contribution in [3.63, 3.8) is 0 Å². The second-order valence-corrected chi connectivity index (χ2v) is 7.37. The van der Waals surface area contributed by atoms with Crippen molar-refractivity contribution in [2.45, 2.75) is 56.6 Å². The first-order valence-electron chi connectivity index (χ1n) is 8.69. The summed E-state index contributed by atoms with van der Waals surface area (Å²) in [6.07, 6.45) is 5.56. The number of esters is 1. The van der Waals surface area contributed by atoms with Crippen LogP contribution in [0.4, 0.5) is 0 Å². The molecule has 2 rings (SSSR count). The van der Waals surface area contributed by atoms with E-state index < -0.39 is 12.1 Å². The minimum Gasteiger partial charge on any atom is -0.496 e. The monoisotopic (exact) mass is 365 g/mol. The fourth-order valence-corrected chi connectivity index (χ4v) is 3.50. The van der Waals surface area contributed by atoms with E-state index in [0.717, 1.165) is 24.2 Å². The number of hydrogen-bond donors (Lipinski definition) is 1. The van der Waals surface area contributed by atoms with Gasteiger partial charge in [-0.05, 0) is 50.1 Å². The van der Waals surface area contributed by atoms with Crippen molar-refractivity contribution >= 4 is 23.6 Å². The van der Waals surface area contributed by atoms with Crippen molar-refractivity contribution in [1.29, 1.82) is 0 Å². The Kier molecular flexibility index (Phi) is 7.17. The van der Waals surface area contributed by atoms with Crippen LogP contribution in [-0.4, -0.2) is 37.4 Å². The number of carbonyl (C=O) groups is 2. The molecule has 1 saturated carbocycles. The summed E-state index contributed by atoms with van der Waals surface area (Å²) in [5, 5.41) is 3.02. The summed E-state index contributed by atoms with van der Waals surface area (Å²) in [7, 11) is 1.51. The Balaban J connectivity index is 1.98. The predicted octanol–water partition coefficient (Wildman–Crippen LogP) is 3.66. The molecule has 1 amide bonds. The number of ether oxygens (including phenoxy) is 2. The predicted molar refractivity (Wildman–Crippen MR) is 99.2 cm³/mol. The topological polar surface area (TPSA) is 64.6 Å². The zero-order valence-electron chi connectivity index (χ0n) is 15.3. The Hall–Kier alpha value is -1.69. The lowest BCUT2D eigenvalue weighted by atomic mass is 9.86. The molecule has 0 radical (unpaired) electrons. The molecule has 1 aromatic rings. The molecule has 0 saturated heterocycles. The average Bonchev–Trinajstić information content (AvgIpc) is 2.62. The Bertz CT molecular complexity index is 619. The maximum absolute atomic E-state index is 12.4. The Morgan fingerprint density at radius 1 is 1.28 bits per heavy atom. The van der Waals surface area contributed by atoms with Crippen LogP contribution in [-0.2, 0) is 9.53 Å². The molecule has 0 aliphatic heterocycles. The average molecular weight is 365 g/mol. The van der Waals surface area contributed by atoms with E-state index in [1.54, 1.807) is 30.8 Å². The number of methoxy groups -OCH3 is 1. The summed E-state index contributed by atoms with van der Waals surface area (Å²) in [6, 6.07) is 5.45. The van der Waals surface area contributed by atoms with Crippen LogP contribution in [0.15, 0.2) is 23.1 Å². The number of hydrogen-bond acceptors (Lipinski definition) is 5. The van der Waals surface area contributed by atoms with Crippen molar-refractivity contribution < 1.29 is 19.1 Å². The molecule has 1 aliphatic carbocycles. The minimum atomic E-state index is -0.841. The minimum absolute atomic E-state index is 0.165. The number of nitrogens with one attached hydrogen (secondary N) is 1. The molecular formula is C19H27NO4S. The second kappa shape index (κ2) is 9.13. The second-order valence-electron chi connectivity index (χ2n) is 6.49. The van der Waals surface area contributed by atoms with Crippen molar-refractivity contribution in [2.24, 2.45) is 5.92 Å². The fourth-order valence-electron chi connectivity index (χ4n) is 3.08. The van der Waals surface area contributed by atoms with Gasteiger partial charge in [0.2, 0.25) is 0 Å². The SMILES string of the molecule is COc1cc(SC)ccc1C(=O)O[C@H](C)C(=O)N[C@H]1CCCC[C@H]1C. The van der Waals surface area contributed by atoms with Gasteiger partial charge in [-0.2, -0.15) is 0 Å². The number of rotatable bonds is 6. The van der Waals surface area contributed by atoms with Crippen LogP contribution in [0.25, 0.3) is 0 Å². The van der Waals surface area contributed by atoms with Gasteiger partial charge in [0, 0.05) is 10.9 Å². The first-order chi connectivity index (χ1) is 12.0. The molecule has 6 heteroatoms. The lowest BCUT2D eigenvalue weighted by molar-refractivity contribution is -0.130. The third kappa shape index (κ3) is 5.14. The molecule has 1 N–H and O–H groups in total. The number of amides is 1. The lowest BCUT2D eigenvalue weighted by Gasteiger charge is -2.30. The Labute approximate surface area is 153 Å². The normalized spacial score (nSPS) is 21.3. The highest BCUT2D eigenvalue weighted by molar-refractivity contribution is 7.98. The summed E-state index contributed by atoms with van der Waals surface area (Å²) in [6.45, 7) is 3.75. The largest absolute Gasteiger partial charge is 0.496 e. The third-order valence-electron chi connectivity index (χ3n) is 4.72. The van der Waals surface area contributed by atoms with Gasteiger partial charge < -0.3 is 14.8 Å². The van der Waals surface area contributed by atoms with E-state index in [4.69, 9.17) is 9.47 Å². The van der Waals surface area contributed by atoms with Crippen molar-refractivity contribution in [3.8, 4) is 5.75 Å². The highest BCUT2D eigenvalue weighted by Crippen LogP contribution is 2.26. The lowest BCUT2D eigenvalue weighted by Crippen LogP contribution is -2.46. The van der Waals surface area contributed by atoms with Gasteiger partial charge >= 0.3 is 5.97 Å². The fraction of sp³-hybridized carbons (Fsp3) is 0.579. The van der Waals surface area contributed by atoms with Crippen molar-refractivity contribution in [3.05, 3.63) is 23.8 Å². The molecule has 3 atom stereocenters. The Morgan fingerprint density at radius 3 is 2.64 bits per heavy atom. The number of thioether (sulfide) groups is 1. The first-order valence-corrected chi connectivity index (χ1v) is 9.92. The molecule has 138 valence electrons. The van der Waals surface area contributed by atoms with Crippen molar-refractivity contribution in [2.75, 3.05) is 13.4 Å². The maximum atomic E-state index is 12.4. The zero-order chi connectivity index (χ0) is 18.4. The molecular weight excluding hydrogens is 338 g/mol. The van der Waals surface area contributed by atoms with E-state index in [0.29, 0.717) is 17.2 Å². The van der Waals surface area contributed by atoms with Gasteiger partial charge in [0.15, 0.2) is 6.10 Å². The molecule has 0 heterocycles. The van der Waals surface area contributed by atoms with Gasteiger partial charge in [-0.1, -0.05) is 19.8 Å². The molecule has 1 aliphatic rings. The van der Waals surface area contributed by atoms with Crippen LogP contribution in [0.2, 0.25) is 0 Å². The summed E-state index contributed by atoms with van der Waals surface area (Å²) in [4.78, 5) is 25.8. The summed E-state index contributed by atoms with van der Waals surface area (Å²) < 4.78 is 10.6. The molecule has 0 unspecified atom stereocenters. The van der Waals surface area contributed by atoms with E-state index in [1.807, 2.05) is 12.3 Å². The standard InChI is InChI=1S/C19H27NO4S/c1-12-7-5-6-8-16(12)20-18(21)13(2)24-19(22)15-10-9-14(25-4)11-17(15)23-3/h9-13,16H,5-8H2,1-4H3,(H,20,21)/t12-,13-,16+/m1/s1. The highest BCUT2D eigenvalue weighted by atomic mass is 32.2. The molecule has 0 aromatic heterocycles. The van der Waals surface area contributed by atoms with Crippen LogP contribution in [0, 0.1) is 5.92 Å². The van der Waals surface area contributed by atoms with Crippen LogP contribution >= 0.6 is 11.8 Å². The van der Waals surface area contributed by atoms with E-state index in [-0.39, 0.29) is 11.9 Å². The summed E-state index contributed by atoms with van der Waals surface area (Å²) in [5.74, 6) is 0.112. The van der Waals surface area contributed by atoms with Gasteiger partial charge in [0.1, 0.15) is 11.3 Å². The van der Waals surface area contributed by atoms with Crippen molar-refractivity contribution in [1.82, 2.24) is 5.32 Å². The van der Waals surface area contributed by atoms with Gasteiger partial charge in [0.25, 0.3) is 5.91 Å². The van der Waals surface area contributed by atoms with Crippen LogP contribution < -0.4 is 10.1 Å². The van der Waals surface area contributed by atoms with E-state index in [2.05, 4.69) is 12.2 Å². The molecule has 5 nitrogen and oxygen atoms in total. The van der Waals surface area contributed by atoms with E-state index in [1.165, 1.54) is 13.5 Å². The summed E-state index contributed by atoms with van der Waals surface area (Å²) >= 11 is 1.56. The number of carbonyl (C=O) groups excluding carboxylic acids is 2. The van der Waals surface area contributed by atoms with Crippen LogP contribution in [0.1, 0.15) is 49.9 Å². The molecule has 1 fully saturated rings.